The van der Waals surface area contributed by atoms with E-state index in [0.29, 0.717) is 44.6 Å². The Hall–Kier alpha value is -2.21. The lowest BCUT2D eigenvalue weighted by molar-refractivity contribution is -0.154. The number of morpholine rings is 1. The van der Waals surface area contributed by atoms with Crippen molar-refractivity contribution in [3.8, 4) is 0 Å². The molecule has 6 nitrogen and oxygen atoms in total. The second-order valence-corrected chi connectivity index (χ2v) is 8.57. The Bertz CT molecular complexity index is 761. The van der Waals surface area contributed by atoms with Gasteiger partial charge in [-0.3, -0.25) is 19.3 Å². The third-order valence-corrected chi connectivity index (χ3v) is 7.15. The molecule has 2 aliphatic carbocycles. The van der Waals surface area contributed by atoms with Gasteiger partial charge in [-0.15, -0.1) is 0 Å². The molecule has 3 amide bonds. The SMILES string of the molecule is O=C([C@H](Cc1ccccc1)N1C(=O)[C@H]2[C@@H]3CC[C@@H](C3)[C@@H]2C1=O)N1CCOCC1. The van der Waals surface area contributed by atoms with Crippen molar-refractivity contribution in [2.75, 3.05) is 26.3 Å². The van der Waals surface area contributed by atoms with Gasteiger partial charge in [0.15, 0.2) is 0 Å². The lowest BCUT2D eigenvalue weighted by Crippen LogP contribution is -2.55. The van der Waals surface area contributed by atoms with Gasteiger partial charge in [0.1, 0.15) is 6.04 Å². The van der Waals surface area contributed by atoms with Crippen LogP contribution < -0.4 is 0 Å². The Kier molecular flexibility index (Phi) is 4.46. The highest BCUT2D eigenvalue weighted by Gasteiger charge is 2.62. The zero-order chi connectivity index (χ0) is 19.3. The van der Waals surface area contributed by atoms with Gasteiger partial charge in [0.05, 0.1) is 25.0 Å². The zero-order valence-corrected chi connectivity index (χ0v) is 16.0. The molecule has 0 unspecified atom stereocenters. The maximum Gasteiger partial charge on any atom is 0.246 e. The van der Waals surface area contributed by atoms with Crippen molar-refractivity contribution >= 4 is 17.7 Å². The summed E-state index contributed by atoms with van der Waals surface area (Å²) in [4.78, 5) is 43.1. The predicted octanol–water partition coefficient (Wildman–Crippen LogP) is 1.49. The Labute approximate surface area is 164 Å². The standard InChI is InChI=1S/C22H26N2O4/c25-20(23-8-10-28-11-9-23)17(12-14-4-2-1-3-5-14)24-21(26)18-15-6-7-16(13-15)19(18)22(24)27/h1-5,15-19H,6-13H2/t15-,16+,17-,18-,19-/m0/s1. The van der Waals surface area contributed by atoms with Crippen molar-refractivity contribution in [1.29, 1.82) is 0 Å². The number of hydrogen-bond donors (Lipinski definition) is 0. The van der Waals surface area contributed by atoms with Crippen LogP contribution >= 0.6 is 0 Å². The van der Waals surface area contributed by atoms with Crippen molar-refractivity contribution in [2.45, 2.75) is 31.7 Å². The number of ether oxygens (including phenoxy) is 1. The number of benzene rings is 1. The average Bonchev–Trinajstić information content (AvgIpc) is 3.41. The minimum Gasteiger partial charge on any atom is -0.378 e. The topological polar surface area (TPSA) is 66.9 Å². The highest BCUT2D eigenvalue weighted by atomic mass is 16.5. The van der Waals surface area contributed by atoms with Crippen LogP contribution in [-0.4, -0.2) is 59.9 Å². The molecule has 5 rings (SSSR count). The van der Waals surface area contributed by atoms with Crippen molar-refractivity contribution in [3.05, 3.63) is 35.9 Å². The van der Waals surface area contributed by atoms with E-state index in [1.807, 2.05) is 30.3 Å². The first-order valence-corrected chi connectivity index (χ1v) is 10.4. The van der Waals surface area contributed by atoms with Crippen molar-refractivity contribution < 1.29 is 19.1 Å². The Morgan fingerprint density at radius 3 is 2.21 bits per heavy atom. The fourth-order valence-corrected chi connectivity index (χ4v) is 5.86. The molecule has 0 radical (unpaired) electrons. The summed E-state index contributed by atoms with van der Waals surface area (Å²) in [7, 11) is 0. The molecule has 0 spiro atoms. The van der Waals surface area contributed by atoms with E-state index in [2.05, 4.69) is 0 Å². The lowest BCUT2D eigenvalue weighted by atomic mass is 9.81. The highest BCUT2D eigenvalue weighted by Crippen LogP contribution is 2.56. The first kappa shape index (κ1) is 17.9. The molecule has 4 aliphatic rings. The van der Waals surface area contributed by atoms with E-state index in [0.717, 1.165) is 24.8 Å². The number of nitrogens with zero attached hydrogens (tertiary/aromatic N) is 2. The van der Waals surface area contributed by atoms with Crippen LogP contribution in [0.2, 0.25) is 0 Å². The summed E-state index contributed by atoms with van der Waals surface area (Å²) in [6.07, 6.45) is 3.46. The Morgan fingerprint density at radius 1 is 1.00 bits per heavy atom. The third kappa shape index (κ3) is 2.77. The van der Waals surface area contributed by atoms with Crippen LogP contribution in [0.25, 0.3) is 0 Å². The monoisotopic (exact) mass is 382 g/mol. The molecule has 28 heavy (non-hydrogen) atoms. The summed E-state index contributed by atoms with van der Waals surface area (Å²) in [6.45, 7) is 2.03. The van der Waals surface area contributed by atoms with Gasteiger partial charge in [0.2, 0.25) is 17.7 Å². The minimum atomic E-state index is -0.745. The molecule has 2 aliphatic heterocycles. The van der Waals surface area contributed by atoms with Crippen molar-refractivity contribution in [1.82, 2.24) is 9.80 Å². The maximum absolute atomic E-state index is 13.4. The smallest absolute Gasteiger partial charge is 0.246 e. The Balaban J connectivity index is 1.46. The first-order valence-electron chi connectivity index (χ1n) is 10.4. The number of fused-ring (bicyclic) bond motifs is 5. The molecule has 148 valence electrons. The quantitative estimate of drug-likeness (QED) is 0.740. The largest absolute Gasteiger partial charge is 0.378 e. The number of rotatable bonds is 4. The highest BCUT2D eigenvalue weighted by molar-refractivity contribution is 6.09. The lowest BCUT2D eigenvalue weighted by Gasteiger charge is -2.34. The molecule has 1 aromatic rings. The Morgan fingerprint density at radius 2 is 1.61 bits per heavy atom. The summed E-state index contributed by atoms with van der Waals surface area (Å²) in [5, 5.41) is 0. The van der Waals surface area contributed by atoms with Crippen LogP contribution in [-0.2, 0) is 25.5 Å². The van der Waals surface area contributed by atoms with Crippen molar-refractivity contribution in [2.24, 2.45) is 23.7 Å². The molecule has 2 bridgehead atoms. The van der Waals surface area contributed by atoms with Gasteiger partial charge in [-0.2, -0.15) is 0 Å². The summed E-state index contributed by atoms with van der Waals surface area (Å²) in [5.74, 6) is -0.0701. The number of carbonyl (C=O) groups excluding carboxylic acids is 3. The predicted molar refractivity (Wildman–Crippen MR) is 101 cm³/mol. The first-order chi connectivity index (χ1) is 13.6. The van der Waals surface area contributed by atoms with Crippen LogP contribution in [0, 0.1) is 23.7 Å². The van der Waals surface area contributed by atoms with E-state index in [1.165, 1.54) is 4.90 Å². The summed E-state index contributed by atoms with van der Waals surface area (Å²) in [6, 6.07) is 8.94. The molecule has 2 saturated heterocycles. The maximum atomic E-state index is 13.4. The van der Waals surface area contributed by atoms with Crippen LogP contribution in [0.1, 0.15) is 24.8 Å². The van der Waals surface area contributed by atoms with Gasteiger partial charge in [-0.05, 0) is 36.7 Å². The average molecular weight is 382 g/mol. The number of likely N-dealkylation sites (tertiary alicyclic amines) is 1. The minimum absolute atomic E-state index is 0.107. The van der Waals surface area contributed by atoms with Crippen LogP contribution in [0.4, 0.5) is 0 Å². The van der Waals surface area contributed by atoms with E-state index in [4.69, 9.17) is 4.74 Å². The van der Waals surface area contributed by atoms with Gasteiger partial charge < -0.3 is 9.64 Å². The second-order valence-electron chi connectivity index (χ2n) is 8.57. The molecule has 0 aromatic heterocycles. The van der Waals surface area contributed by atoms with Gasteiger partial charge in [0, 0.05) is 19.5 Å². The molecule has 2 saturated carbocycles. The molecule has 5 atom stereocenters. The second kappa shape index (κ2) is 6.99. The summed E-state index contributed by atoms with van der Waals surface area (Å²) < 4.78 is 5.37. The normalized spacial score (nSPS) is 32.7. The molecular weight excluding hydrogens is 356 g/mol. The number of amides is 3. The molecule has 0 N–H and O–H groups in total. The van der Waals surface area contributed by atoms with Gasteiger partial charge in [-0.1, -0.05) is 30.3 Å². The van der Waals surface area contributed by atoms with E-state index >= 15 is 0 Å². The van der Waals surface area contributed by atoms with Gasteiger partial charge in [0.25, 0.3) is 0 Å². The van der Waals surface area contributed by atoms with Crippen molar-refractivity contribution in [3.63, 3.8) is 0 Å². The van der Waals surface area contributed by atoms with E-state index < -0.39 is 6.04 Å². The molecular formula is C22H26N2O4. The third-order valence-electron chi connectivity index (χ3n) is 7.15. The molecule has 4 fully saturated rings. The zero-order valence-electron chi connectivity index (χ0n) is 16.0. The summed E-state index contributed by atoms with van der Waals surface area (Å²) >= 11 is 0. The number of carbonyl (C=O) groups is 3. The molecule has 2 heterocycles. The van der Waals surface area contributed by atoms with E-state index in [1.54, 1.807) is 4.90 Å². The fraction of sp³-hybridized carbons (Fsp3) is 0.591. The fourth-order valence-electron chi connectivity index (χ4n) is 5.86. The van der Waals surface area contributed by atoms with Crippen LogP contribution in [0.15, 0.2) is 30.3 Å². The number of imide groups is 1. The van der Waals surface area contributed by atoms with Crippen LogP contribution in [0.5, 0.6) is 0 Å². The van der Waals surface area contributed by atoms with Gasteiger partial charge in [-0.25, -0.2) is 0 Å². The molecule has 1 aromatic carbocycles. The van der Waals surface area contributed by atoms with E-state index in [9.17, 15) is 14.4 Å². The van der Waals surface area contributed by atoms with Gasteiger partial charge >= 0.3 is 0 Å². The molecule has 6 heteroatoms. The number of hydrogen-bond acceptors (Lipinski definition) is 4. The summed E-state index contributed by atoms with van der Waals surface area (Å²) in [5.41, 5.74) is 0.967. The van der Waals surface area contributed by atoms with E-state index in [-0.39, 0.29) is 29.6 Å². The van der Waals surface area contributed by atoms with Crippen LogP contribution in [0.3, 0.4) is 0 Å².